The number of rotatable bonds is 5. The molecule has 21 heavy (non-hydrogen) atoms. The third kappa shape index (κ3) is 4.59. The molecule has 2 rings (SSSR count). The van der Waals surface area contributed by atoms with Crippen molar-refractivity contribution < 1.29 is 9.53 Å². The Hall–Kier alpha value is -1.84. The number of hydrogen-bond donors (Lipinski definition) is 1. The summed E-state index contributed by atoms with van der Waals surface area (Å²) in [6.07, 6.45) is 5.62. The van der Waals surface area contributed by atoms with Crippen molar-refractivity contribution in [2.45, 2.75) is 46.0 Å². The molecule has 1 aromatic carbocycles. The van der Waals surface area contributed by atoms with Crippen LogP contribution in [-0.4, -0.2) is 18.2 Å². The first kappa shape index (κ1) is 15.5. The van der Waals surface area contributed by atoms with Gasteiger partial charge in [-0.1, -0.05) is 13.3 Å². The first-order valence-corrected chi connectivity index (χ1v) is 7.81. The van der Waals surface area contributed by atoms with E-state index >= 15 is 0 Å². The van der Waals surface area contributed by atoms with Crippen molar-refractivity contribution in [3.63, 3.8) is 0 Å². The maximum atomic E-state index is 12.0. The minimum Gasteiger partial charge on any atom is -0.494 e. The standard InChI is InChI=1S/C17H24N2O2/c1-3-13-5-9-15(10-6-13)18-19-17(20)14-7-11-16(12-8-14)21-4-2/h7-8,11-13H,3-6,9-10H2,1-2H3,(H,19,20). The highest BCUT2D eigenvalue weighted by molar-refractivity contribution is 5.95. The van der Waals surface area contributed by atoms with Crippen LogP contribution in [0.5, 0.6) is 5.75 Å². The number of ether oxygens (including phenoxy) is 1. The molecule has 0 heterocycles. The van der Waals surface area contributed by atoms with Gasteiger partial charge >= 0.3 is 0 Å². The summed E-state index contributed by atoms with van der Waals surface area (Å²) in [4.78, 5) is 12.0. The molecule has 0 radical (unpaired) electrons. The van der Waals surface area contributed by atoms with Gasteiger partial charge < -0.3 is 4.74 Å². The minimum absolute atomic E-state index is 0.164. The third-order valence-electron chi connectivity index (χ3n) is 4.00. The van der Waals surface area contributed by atoms with Crippen molar-refractivity contribution in [1.29, 1.82) is 0 Å². The smallest absolute Gasteiger partial charge is 0.271 e. The van der Waals surface area contributed by atoms with Crippen LogP contribution in [0.3, 0.4) is 0 Å². The molecule has 0 atom stereocenters. The van der Waals surface area contributed by atoms with E-state index in [4.69, 9.17) is 4.74 Å². The molecule has 1 amide bonds. The first-order valence-electron chi connectivity index (χ1n) is 7.81. The van der Waals surface area contributed by atoms with Crippen molar-refractivity contribution in [3.05, 3.63) is 29.8 Å². The Bertz CT molecular complexity index is 484. The summed E-state index contributed by atoms with van der Waals surface area (Å²) in [6, 6.07) is 7.12. The fourth-order valence-electron chi connectivity index (χ4n) is 2.59. The molecular formula is C17H24N2O2. The van der Waals surface area contributed by atoms with Gasteiger partial charge in [-0.3, -0.25) is 4.79 Å². The van der Waals surface area contributed by atoms with Crippen LogP contribution in [0.4, 0.5) is 0 Å². The average Bonchev–Trinajstić information content (AvgIpc) is 2.54. The summed E-state index contributed by atoms with van der Waals surface area (Å²) >= 11 is 0. The predicted octanol–water partition coefficient (Wildman–Crippen LogP) is 3.77. The fourth-order valence-corrected chi connectivity index (χ4v) is 2.59. The van der Waals surface area contributed by atoms with Gasteiger partial charge in [0.25, 0.3) is 5.91 Å². The zero-order chi connectivity index (χ0) is 15.1. The topological polar surface area (TPSA) is 50.7 Å². The van der Waals surface area contributed by atoms with Crippen molar-refractivity contribution in [1.82, 2.24) is 5.43 Å². The Morgan fingerprint density at radius 1 is 1.24 bits per heavy atom. The maximum absolute atomic E-state index is 12.0. The summed E-state index contributed by atoms with van der Waals surface area (Å²) in [6.45, 7) is 4.79. The number of nitrogens with zero attached hydrogens (tertiary/aromatic N) is 1. The van der Waals surface area contributed by atoms with Crippen LogP contribution in [0.15, 0.2) is 29.4 Å². The highest BCUT2D eigenvalue weighted by atomic mass is 16.5. The lowest BCUT2D eigenvalue weighted by atomic mass is 9.86. The number of carbonyl (C=O) groups excluding carboxylic acids is 1. The van der Waals surface area contributed by atoms with Crippen molar-refractivity contribution in [2.24, 2.45) is 11.0 Å². The number of benzene rings is 1. The number of amides is 1. The molecule has 4 nitrogen and oxygen atoms in total. The minimum atomic E-state index is -0.164. The molecule has 1 saturated carbocycles. The molecule has 0 aromatic heterocycles. The lowest BCUT2D eigenvalue weighted by Crippen LogP contribution is -2.22. The molecule has 1 aliphatic rings. The third-order valence-corrected chi connectivity index (χ3v) is 4.00. The second-order valence-electron chi connectivity index (χ2n) is 5.43. The predicted molar refractivity (Wildman–Crippen MR) is 84.8 cm³/mol. The molecule has 0 saturated heterocycles. The zero-order valence-corrected chi connectivity index (χ0v) is 12.9. The molecule has 4 heteroatoms. The van der Waals surface area contributed by atoms with Crippen molar-refractivity contribution >= 4 is 11.6 Å². The highest BCUT2D eigenvalue weighted by Crippen LogP contribution is 2.24. The van der Waals surface area contributed by atoms with Gasteiger partial charge in [0, 0.05) is 11.3 Å². The summed E-state index contributed by atoms with van der Waals surface area (Å²) in [7, 11) is 0. The molecule has 1 N–H and O–H groups in total. The second-order valence-corrected chi connectivity index (χ2v) is 5.43. The van der Waals surface area contributed by atoms with Gasteiger partial charge in [-0.15, -0.1) is 0 Å². The Kier molecular flexibility index (Phi) is 5.78. The van der Waals surface area contributed by atoms with Gasteiger partial charge in [-0.25, -0.2) is 5.43 Å². The van der Waals surface area contributed by atoms with Crippen molar-refractivity contribution in [2.75, 3.05) is 6.61 Å². The van der Waals surface area contributed by atoms with E-state index in [1.54, 1.807) is 24.3 Å². The molecule has 1 fully saturated rings. The summed E-state index contributed by atoms with van der Waals surface area (Å²) in [5.74, 6) is 1.44. The van der Waals surface area contributed by atoms with E-state index in [0.717, 1.165) is 30.2 Å². The average molecular weight is 288 g/mol. The quantitative estimate of drug-likeness (QED) is 0.838. The highest BCUT2D eigenvalue weighted by Gasteiger charge is 2.16. The van der Waals surface area contributed by atoms with Gasteiger partial charge in [-0.05, 0) is 62.8 Å². The van der Waals surface area contributed by atoms with Gasteiger partial charge in [0.1, 0.15) is 5.75 Å². The summed E-state index contributed by atoms with van der Waals surface area (Å²) in [5.41, 5.74) is 4.37. The van der Waals surface area contributed by atoms with Gasteiger partial charge in [0.2, 0.25) is 0 Å². The van der Waals surface area contributed by atoms with E-state index in [-0.39, 0.29) is 5.91 Å². The maximum Gasteiger partial charge on any atom is 0.271 e. The van der Waals surface area contributed by atoms with E-state index in [2.05, 4.69) is 17.5 Å². The number of hydrogen-bond acceptors (Lipinski definition) is 3. The number of nitrogens with one attached hydrogen (secondary N) is 1. The Labute approximate surface area is 126 Å². The molecule has 1 aromatic rings. The largest absolute Gasteiger partial charge is 0.494 e. The van der Waals surface area contributed by atoms with Crippen LogP contribution in [-0.2, 0) is 0 Å². The molecule has 0 unspecified atom stereocenters. The van der Waals surface area contributed by atoms with Crippen LogP contribution >= 0.6 is 0 Å². The van der Waals surface area contributed by atoms with Crippen LogP contribution in [0.25, 0.3) is 0 Å². The Morgan fingerprint density at radius 3 is 2.48 bits per heavy atom. The Balaban J connectivity index is 1.86. The van der Waals surface area contributed by atoms with Crippen LogP contribution in [0, 0.1) is 5.92 Å². The van der Waals surface area contributed by atoms with Gasteiger partial charge in [0.05, 0.1) is 6.61 Å². The fraction of sp³-hybridized carbons (Fsp3) is 0.529. The lowest BCUT2D eigenvalue weighted by Gasteiger charge is -2.21. The van der Waals surface area contributed by atoms with Crippen LogP contribution in [0.2, 0.25) is 0 Å². The molecular weight excluding hydrogens is 264 g/mol. The SMILES string of the molecule is CCOc1ccc(C(=O)NN=C2CCC(CC)CC2)cc1. The van der Waals surface area contributed by atoms with E-state index in [0.29, 0.717) is 12.2 Å². The molecule has 0 bridgehead atoms. The Morgan fingerprint density at radius 2 is 1.90 bits per heavy atom. The monoisotopic (exact) mass is 288 g/mol. The van der Waals surface area contributed by atoms with Gasteiger partial charge in [-0.2, -0.15) is 5.10 Å². The lowest BCUT2D eigenvalue weighted by molar-refractivity contribution is 0.0954. The summed E-state index contributed by atoms with van der Waals surface area (Å²) < 4.78 is 5.36. The molecule has 1 aliphatic carbocycles. The van der Waals surface area contributed by atoms with Crippen LogP contribution < -0.4 is 10.2 Å². The number of carbonyl (C=O) groups is 1. The van der Waals surface area contributed by atoms with E-state index in [1.165, 1.54) is 19.3 Å². The molecule has 0 spiro atoms. The zero-order valence-electron chi connectivity index (χ0n) is 12.9. The summed E-state index contributed by atoms with van der Waals surface area (Å²) in [5, 5.41) is 4.27. The first-order chi connectivity index (χ1) is 10.2. The molecule has 0 aliphatic heterocycles. The normalized spacial score (nSPS) is 18.2. The van der Waals surface area contributed by atoms with Crippen LogP contribution in [0.1, 0.15) is 56.3 Å². The van der Waals surface area contributed by atoms with Gasteiger partial charge in [0.15, 0.2) is 0 Å². The van der Waals surface area contributed by atoms with E-state index in [9.17, 15) is 4.79 Å². The molecule has 114 valence electrons. The number of hydrazone groups is 1. The van der Waals surface area contributed by atoms with Crippen molar-refractivity contribution in [3.8, 4) is 5.75 Å². The second kappa shape index (κ2) is 7.81. The van der Waals surface area contributed by atoms with E-state index in [1.807, 2.05) is 6.92 Å². The van der Waals surface area contributed by atoms with E-state index < -0.39 is 0 Å².